The number of benzene rings is 1. The normalized spacial score (nSPS) is 11.5. The molecule has 0 saturated carbocycles. The molecule has 0 aliphatic heterocycles. The number of aromatic nitrogens is 1. The van der Waals surface area contributed by atoms with Crippen molar-refractivity contribution >= 4 is 21.4 Å². The van der Waals surface area contributed by atoms with E-state index in [0.29, 0.717) is 22.8 Å². The fourth-order valence-corrected chi connectivity index (χ4v) is 2.85. The maximum Gasteiger partial charge on any atom is 0.238 e. The Morgan fingerprint density at radius 3 is 2.63 bits per heavy atom. The van der Waals surface area contributed by atoms with Gasteiger partial charge in [-0.3, -0.25) is 4.72 Å². The molecule has 0 aliphatic rings. The zero-order chi connectivity index (χ0) is 14.0. The van der Waals surface area contributed by atoms with Gasteiger partial charge in [-0.2, -0.15) is 0 Å². The number of nitrogens with two attached hydrogens (primary N) is 1. The quantitative estimate of drug-likeness (QED) is 0.833. The Balaban J connectivity index is 2.17. The summed E-state index contributed by atoms with van der Waals surface area (Å²) >= 11 is 0. The molecular formula is C12H15N3O3S. The summed E-state index contributed by atoms with van der Waals surface area (Å²) in [6.07, 6.45) is 0. The monoisotopic (exact) mass is 281 g/mol. The number of nitrogens with one attached hydrogen (secondary N) is 1. The van der Waals surface area contributed by atoms with Crippen molar-refractivity contribution < 1.29 is 12.9 Å². The summed E-state index contributed by atoms with van der Waals surface area (Å²) < 4.78 is 31.3. The van der Waals surface area contributed by atoms with Crippen molar-refractivity contribution in [3.05, 3.63) is 41.3 Å². The van der Waals surface area contributed by atoms with Crippen LogP contribution in [0.3, 0.4) is 0 Å². The van der Waals surface area contributed by atoms with Gasteiger partial charge in [-0.1, -0.05) is 5.16 Å². The van der Waals surface area contributed by atoms with Gasteiger partial charge >= 0.3 is 0 Å². The Morgan fingerprint density at radius 1 is 1.32 bits per heavy atom. The predicted octanol–water partition coefficient (Wildman–Crippen LogP) is 1.82. The van der Waals surface area contributed by atoms with Crippen LogP contribution >= 0.6 is 0 Å². The lowest BCUT2D eigenvalue weighted by Gasteiger charge is -2.09. The number of anilines is 2. The van der Waals surface area contributed by atoms with E-state index in [1.165, 1.54) is 0 Å². The standard InChI is InChI=1S/C12H15N3O3S/c1-8-5-10(13)3-4-12(8)15-19(16,17)7-11-6-9(2)18-14-11/h3-6,15H,7,13H2,1-2H3. The van der Waals surface area contributed by atoms with Gasteiger partial charge in [0.2, 0.25) is 10.0 Å². The van der Waals surface area contributed by atoms with Crippen molar-refractivity contribution in [3.8, 4) is 0 Å². The molecule has 0 radical (unpaired) electrons. The Morgan fingerprint density at radius 2 is 2.05 bits per heavy atom. The highest BCUT2D eigenvalue weighted by Crippen LogP contribution is 2.20. The molecule has 2 rings (SSSR count). The summed E-state index contributed by atoms with van der Waals surface area (Å²) in [6.45, 7) is 3.50. The molecule has 0 atom stereocenters. The molecule has 3 N–H and O–H groups in total. The molecule has 0 spiro atoms. The molecule has 2 aromatic rings. The van der Waals surface area contributed by atoms with Crippen LogP contribution in [-0.4, -0.2) is 13.6 Å². The molecule has 0 amide bonds. The highest BCUT2D eigenvalue weighted by atomic mass is 32.2. The first kappa shape index (κ1) is 13.4. The van der Waals surface area contributed by atoms with Crippen LogP contribution in [0.25, 0.3) is 0 Å². The number of rotatable bonds is 4. The van der Waals surface area contributed by atoms with Crippen molar-refractivity contribution in [3.63, 3.8) is 0 Å². The number of nitrogens with zero attached hydrogens (tertiary/aromatic N) is 1. The van der Waals surface area contributed by atoms with Crippen LogP contribution in [0.4, 0.5) is 11.4 Å². The molecule has 102 valence electrons. The third-order valence-corrected chi connectivity index (χ3v) is 3.74. The number of aryl methyl sites for hydroxylation is 2. The lowest BCUT2D eigenvalue weighted by atomic mass is 10.2. The first-order chi connectivity index (χ1) is 8.85. The summed E-state index contributed by atoms with van der Waals surface area (Å²) in [5.74, 6) is 0.350. The van der Waals surface area contributed by atoms with E-state index in [0.717, 1.165) is 5.56 Å². The Kier molecular flexibility index (Phi) is 3.48. The van der Waals surface area contributed by atoms with Gasteiger partial charge in [-0.15, -0.1) is 0 Å². The lowest BCUT2D eigenvalue weighted by Crippen LogP contribution is -2.16. The third-order valence-electron chi connectivity index (χ3n) is 2.53. The summed E-state index contributed by atoms with van der Waals surface area (Å²) in [5, 5.41) is 3.66. The molecule has 6 nitrogen and oxygen atoms in total. The smallest absolute Gasteiger partial charge is 0.238 e. The maximum atomic E-state index is 12.0. The van der Waals surface area contributed by atoms with E-state index >= 15 is 0 Å². The van der Waals surface area contributed by atoms with E-state index in [-0.39, 0.29) is 5.75 Å². The molecule has 0 aliphatic carbocycles. The fraction of sp³-hybridized carbons (Fsp3) is 0.250. The van der Waals surface area contributed by atoms with Crippen molar-refractivity contribution in [2.75, 3.05) is 10.5 Å². The van der Waals surface area contributed by atoms with Gasteiger partial charge in [0.15, 0.2) is 0 Å². The van der Waals surface area contributed by atoms with Crippen LogP contribution in [0.15, 0.2) is 28.8 Å². The minimum absolute atomic E-state index is 0.228. The van der Waals surface area contributed by atoms with Crippen LogP contribution in [0.2, 0.25) is 0 Å². The minimum Gasteiger partial charge on any atom is -0.399 e. The molecule has 0 bridgehead atoms. The van der Waals surface area contributed by atoms with E-state index in [1.54, 1.807) is 38.1 Å². The van der Waals surface area contributed by atoms with E-state index < -0.39 is 10.0 Å². The van der Waals surface area contributed by atoms with Crippen molar-refractivity contribution in [1.82, 2.24) is 5.16 Å². The zero-order valence-electron chi connectivity index (χ0n) is 10.7. The highest BCUT2D eigenvalue weighted by Gasteiger charge is 2.15. The Bertz CT molecular complexity index is 692. The Hall–Kier alpha value is -2.02. The third kappa shape index (κ3) is 3.47. The average molecular weight is 281 g/mol. The summed E-state index contributed by atoms with van der Waals surface area (Å²) in [4.78, 5) is 0. The topological polar surface area (TPSA) is 98.2 Å². The minimum atomic E-state index is -3.52. The molecule has 7 heteroatoms. The number of hydrogen-bond donors (Lipinski definition) is 2. The van der Waals surface area contributed by atoms with E-state index in [1.807, 2.05) is 0 Å². The van der Waals surface area contributed by atoms with E-state index in [9.17, 15) is 8.42 Å². The van der Waals surface area contributed by atoms with Gasteiger partial charge < -0.3 is 10.3 Å². The van der Waals surface area contributed by atoms with Gasteiger partial charge in [-0.25, -0.2) is 8.42 Å². The summed E-state index contributed by atoms with van der Waals surface area (Å²) in [6, 6.07) is 6.58. The molecule has 0 saturated heterocycles. The van der Waals surface area contributed by atoms with Crippen LogP contribution in [0, 0.1) is 13.8 Å². The van der Waals surface area contributed by atoms with E-state index in [4.69, 9.17) is 10.3 Å². The Labute approximate surface area is 111 Å². The zero-order valence-corrected chi connectivity index (χ0v) is 11.5. The maximum absolute atomic E-state index is 12.0. The summed E-state index contributed by atoms with van der Waals surface area (Å²) in [7, 11) is -3.52. The first-order valence-electron chi connectivity index (χ1n) is 5.64. The van der Waals surface area contributed by atoms with Crippen LogP contribution in [-0.2, 0) is 15.8 Å². The molecule has 1 aromatic carbocycles. The van der Waals surface area contributed by atoms with Crippen LogP contribution in [0.1, 0.15) is 17.0 Å². The molecule has 1 heterocycles. The molecule has 0 unspecified atom stereocenters. The second-order valence-corrected chi connectivity index (χ2v) is 6.09. The van der Waals surface area contributed by atoms with Gasteiger partial charge in [-0.05, 0) is 37.6 Å². The largest absolute Gasteiger partial charge is 0.399 e. The lowest BCUT2D eigenvalue weighted by molar-refractivity contribution is 0.392. The molecule has 19 heavy (non-hydrogen) atoms. The van der Waals surface area contributed by atoms with Crippen molar-refractivity contribution in [2.24, 2.45) is 0 Å². The van der Waals surface area contributed by atoms with Crippen LogP contribution in [0.5, 0.6) is 0 Å². The number of sulfonamides is 1. The van der Waals surface area contributed by atoms with Gasteiger partial charge in [0, 0.05) is 11.8 Å². The fourth-order valence-electron chi connectivity index (χ4n) is 1.69. The second-order valence-electron chi connectivity index (χ2n) is 4.36. The van der Waals surface area contributed by atoms with Crippen molar-refractivity contribution in [2.45, 2.75) is 19.6 Å². The SMILES string of the molecule is Cc1cc(CS(=O)(=O)Nc2ccc(N)cc2C)no1. The number of hydrogen-bond acceptors (Lipinski definition) is 5. The van der Waals surface area contributed by atoms with E-state index in [2.05, 4.69) is 9.88 Å². The molecule has 0 fully saturated rings. The highest BCUT2D eigenvalue weighted by molar-refractivity contribution is 7.91. The predicted molar refractivity (Wildman–Crippen MR) is 73.1 cm³/mol. The second kappa shape index (κ2) is 4.93. The number of nitrogen functional groups attached to an aromatic ring is 1. The molecule has 1 aromatic heterocycles. The summed E-state index contributed by atoms with van der Waals surface area (Å²) in [5.41, 5.74) is 7.85. The van der Waals surface area contributed by atoms with Crippen LogP contribution < -0.4 is 10.5 Å². The van der Waals surface area contributed by atoms with Gasteiger partial charge in [0.05, 0.1) is 5.69 Å². The van der Waals surface area contributed by atoms with Crippen molar-refractivity contribution in [1.29, 1.82) is 0 Å². The average Bonchev–Trinajstić information content (AvgIpc) is 2.67. The first-order valence-corrected chi connectivity index (χ1v) is 7.30. The molecular weight excluding hydrogens is 266 g/mol. The van der Waals surface area contributed by atoms with Gasteiger partial charge in [0.1, 0.15) is 17.2 Å². The van der Waals surface area contributed by atoms with Gasteiger partial charge in [0.25, 0.3) is 0 Å².